The van der Waals surface area contributed by atoms with Crippen LogP contribution in [0.3, 0.4) is 0 Å². The summed E-state index contributed by atoms with van der Waals surface area (Å²) in [6, 6.07) is 12.2. The van der Waals surface area contributed by atoms with Gasteiger partial charge in [0.1, 0.15) is 5.75 Å². The van der Waals surface area contributed by atoms with Gasteiger partial charge in [0.05, 0.1) is 11.5 Å². The molecule has 0 radical (unpaired) electrons. The molecule has 24 heavy (non-hydrogen) atoms. The zero-order valence-electron chi connectivity index (χ0n) is 13.2. The highest BCUT2D eigenvalue weighted by Gasteiger charge is 2.11. The van der Waals surface area contributed by atoms with E-state index in [1.54, 1.807) is 19.1 Å². The van der Waals surface area contributed by atoms with Crippen LogP contribution in [0.15, 0.2) is 42.5 Å². The van der Waals surface area contributed by atoms with E-state index in [9.17, 15) is 10.1 Å². The van der Waals surface area contributed by atoms with Crippen LogP contribution in [0.25, 0.3) is 0 Å². The molecule has 0 bridgehead atoms. The van der Waals surface area contributed by atoms with Gasteiger partial charge >= 0.3 is 0 Å². The minimum absolute atomic E-state index is 0. The molecule has 2 aromatic rings. The number of hydrogen-bond acceptors (Lipinski definition) is 4. The van der Waals surface area contributed by atoms with Gasteiger partial charge < -0.3 is 15.4 Å². The summed E-state index contributed by atoms with van der Waals surface area (Å²) in [5.74, 6) is 0.783. The summed E-state index contributed by atoms with van der Waals surface area (Å²) in [6.45, 7) is 4.23. The third kappa shape index (κ3) is 5.36. The second-order valence-electron chi connectivity index (χ2n) is 4.79. The number of nitrogens with one attached hydrogen (secondary N) is 2. The molecule has 0 aliphatic rings. The van der Waals surface area contributed by atoms with E-state index in [4.69, 9.17) is 17.0 Å². The first-order chi connectivity index (χ1) is 11.0. The molecule has 8 heteroatoms. The number of nitro groups is 1. The van der Waals surface area contributed by atoms with Crippen LogP contribution >= 0.6 is 24.6 Å². The molecule has 0 aliphatic heterocycles. The lowest BCUT2D eigenvalue weighted by atomic mass is 10.2. The average Bonchev–Trinajstić information content (AvgIpc) is 2.51. The van der Waals surface area contributed by atoms with Gasteiger partial charge in [0, 0.05) is 23.0 Å². The highest BCUT2D eigenvalue weighted by Crippen LogP contribution is 2.22. The van der Waals surface area contributed by atoms with Gasteiger partial charge in [-0.05, 0) is 56.4 Å². The van der Waals surface area contributed by atoms with Crippen molar-refractivity contribution in [3.63, 3.8) is 0 Å². The highest BCUT2D eigenvalue weighted by atomic mass is 35.5. The van der Waals surface area contributed by atoms with Crippen molar-refractivity contribution in [1.29, 1.82) is 0 Å². The van der Waals surface area contributed by atoms with Gasteiger partial charge in [-0.2, -0.15) is 0 Å². The van der Waals surface area contributed by atoms with Crippen molar-refractivity contribution in [1.82, 2.24) is 0 Å². The maximum absolute atomic E-state index is 11.0. The molecule has 0 aromatic heterocycles. The molecule has 0 spiro atoms. The maximum atomic E-state index is 11.0. The average molecular weight is 368 g/mol. The van der Waals surface area contributed by atoms with E-state index in [1.165, 1.54) is 6.07 Å². The normalized spacial score (nSPS) is 9.58. The van der Waals surface area contributed by atoms with Gasteiger partial charge in [-0.15, -0.1) is 12.4 Å². The van der Waals surface area contributed by atoms with Crippen LogP contribution in [0.1, 0.15) is 12.5 Å². The van der Waals surface area contributed by atoms with Gasteiger partial charge in [0.25, 0.3) is 5.69 Å². The largest absolute Gasteiger partial charge is 0.494 e. The Morgan fingerprint density at radius 3 is 2.33 bits per heavy atom. The molecule has 0 aliphatic carbocycles. The lowest BCUT2D eigenvalue weighted by Gasteiger charge is -2.11. The van der Waals surface area contributed by atoms with Gasteiger partial charge in [0.15, 0.2) is 5.11 Å². The molecule has 2 rings (SSSR count). The van der Waals surface area contributed by atoms with E-state index in [-0.39, 0.29) is 18.1 Å². The topological polar surface area (TPSA) is 76.4 Å². The number of ether oxygens (including phenoxy) is 1. The van der Waals surface area contributed by atoms with E-state index in [0.29, 0.717) is 23.0 Å². The lowest BCUT2D eigenvalue weighted by Crippen LogP contribution is -2.19. The standard InChI is InChI=1S/C16H17N3O3S.ClH/c1-3-22-14-8-6-12(7-9-14)17-16(23)18-13-5-4-11(2)15(10-13)19(20)21;/h4-10H,3H2,1-2H3,(H2,17,18,23);1H. The quantitative estimate of drug-likeness (QED) is 0.459. The monoisotopic (exact) mass is 367 g/mol. The molecular weight excluding hydrogens is 350 g/mol. The van der Waals surface area contributed by atoms with Crippen molar-refractivity contribution in [2.24, 2.45) is 0 Å². The first-order valence-electron chi connectivity index (χ1n) is 7.05. The molecule has 2 N–H and O–H groups in total. The van der Waals surface area contributed by atoms with Crippen molar-refractivity contribution in [2.75, 3.05) is 17.2 Å². The predicted molar refractivity (Wildman–Crippen MR) is 103 cm³/mol. The number of hydrogen-bond donors (Lipinski definition) is 2. The number of nitrogens with zero attached hydrogens (tertiary/aromatic N) is 1. The SMILES string of the molecule is CCOc1ccc(NC(=S)Nc2ccc(C)c([N+](=O)[O-])c2)cc1.Cl. The Hall–Kier alpha value is -2.38. The zero-order valence-corrected chi connectivity index (χ0v) is 14.9. The van der Waals surface area contributed by atoms with Crippen LogP contribution in [-0.4, -0.2) is 16.6 Å². The van der Waals surface area contributed by atoms with Gasteiger partial charge in [-0.3, -0.25) is 10.1 Å². The molecule has 6 nitrogen and oxygen atoms in total. The van der Waals surface area contributed by atoms with Crippen LogP contribution in [-0.2, 0) is 0 Å². The third-order valence-electron chi connectivity index (χ3n) is 3.09. The summed E-state index contributed by atoms with van der Waals surface area (Å²) in [6.07, 6.45) is 0. The van der Waals surface area contributed by atoms with Gasteiger partial charge in [0.2, 0.25) is 0 Å². The van der Waals surface area contributed by atoms with Crippen LogP contribution in [0.4, 0.5) is 17.1 Å². The van der Waals surface area contributed by atoms with Crippen LogP contribution in [0.5, 0.6) is 5.75 Å². The Kier molecular flexibility index (Phi) is 7.41. The maximum Gasteiger partial charge on any atom is 0.274 e. The fourth-order valence-electron chi connectivity index (χ4n) is 1.98. The fourth-order valence-corrected chi connectivity index (χ4v) is 2.21. The Morgan fingerprint density at radius 1 is 1.17 bits per heavy atom. The lowest BCUT2D eigenvalue weighted by molar-refractivity contribution is -0.385. The van der Waals surface area contributed by atoms with Crippen molar-refractivity contribution in [3.05, 3.63) is 58.1 Å². The first-order valence-corrected chi connectivity index (χ1v) is 7.46. The van der Waals surface area contributed by atoms with Gasteiger partial charge in [-0.25, -0.2) is 0 Å². The predicted octanol–water partition coefficient (Wildman–Crippen LogP) is 4.53. The fraction of sp³-hybridized carbons (Fsp3) is 0.188. The van der Waals surface area contributed by atoms with Gasteiger partial charge in [-0.1, -0.05) is 6.07 Å². The summed E-state index contributed by atoms with van der Waals surface area (Å²) in [5, 5.41) is 17.3. The minimum atomic E-state index is -0.413. The Bertz CT molecular complexity index is 723. The Balaban J connectivity index is 0.00000288. The smallest absolute Gasteiger partial charge is 0.274 e. The molecule has 2 aromatic carbocycles. The van der Waals surface area contributed by atoms with Crippen molar-refractivity contribution < 1.29 is 9.66 Å². The summed E-state index contributed by atoms with van der Waals surface area (Å²) >= 11 is 5.22. The number of aryl methyl sites for hydroxylation is 1. The van der Waals surface area contributed by atoms with E-state index < -0.39 is 4.92 Å². The summed E-state index contributed by atoms with van der Waals surface area (Å²) < 4.78 is 5.37. The Labute approximate surface area is 151 Å². The number of benzene rings is 2. The highest BCUT2D eigenvalue weighted by molar-refractivity contribution is 7.80. The molecule has 0 amide bonds. The molecule has 0 atom stereocenters. The number of thiocarbonyl (C=S) groups is 1. The zero-order chi connectivity index (χ0) is 16.8. The second kappa shape index (κ2) is 9.05. The van der Waals surface area contributed by atoms with E-state index in [2.05, 4.69) is 10.6 Å². The Morgan fingerprint density at radius 2 is 1.75 bits per heavy atom. The summed E-state index contributed by atoms with van der Waals surface area (Å²) in [7, 11) is 0. The van der Waals surface area contributed by atoms with Crippen LogP contribution < -0.4 is 15.4 Å². The first kappa shape index (κ1) is 19.7. The molecule has 0 fully saturated rings. The molecule has 0 heterocycles. The van der Waals surface area contributed by atoms with E-state index in [1.807, 2.05) is 31.2 Å². The number of halogens is 1. The summed E-state index contributed by atoms with van der Waals surface area (Å²) in [4.78, 5) is 10.5. The van der Waals surface area contributed by atoms with E-state index >= 15 is 0 Å². The molecule has 0 unspecified atom stereocenters. The van der Waals surface area contributed by atoms with Crippen molar-refractivity contribution >= 4 is 46.8 Å². The minimum Gasteiger partial charge on any atom is -0.494 e. The molecular formula is C16H18ClN3O3S. The number of nitro benzene ring substituents is 1. The molecule has 0 saturated carbocycles. The second-order valence-corrected chi connectivity index (χ2v) is 5.20. The number of rotatable bonds is 5. The van der Waals surface area contributed by atoms with Crippen molar-refractivity contribution in [3.8, 4) is 5.75 Å². The summed E-state index contributed by atoms with van der Waals surface area (Å²) in [5.41, 5.74) is 2.02. The van der Waals surface area contributed by atoms with Crippen LogP contribution in [0, 0.1) is 17.0 Å². The van der Waals surface area contributed by atoms with E-state index in [0.717, 1.165) is 11.4 Å². The van der Waals surface area contributed by atoms with Crippen molar-refractivity contribution in [2.45, 2.75) is 13.8 Å². The third-order valence-corrected chi connectivity index (χ3v) is 3.29. The molecule has 0 saturated heterocycles. The molecule has 128 valence electrons. The number of anilines is 2. The van der Waals surface area contributed by atoms with Crippen LogP contribution in [0.2, 0.25) is 0 Å².